The lowest BCUT2D eigenvalue weighted by Crippen LogP contribution is -2.24. The van der Waals surface area contributed by atoms with Crippen LogP contribution in [0.1, 0.15) is 43.4 Å². The minimum atomic E-state index is -3.67. The van der Waals surface area contributed by atoms with E-state index >= 15 is 0 Å². The van der Waals surface area contributed by atoms with Crippen molar-refractivity contribution in [2.24, 2.45) is 0 Å². The van der Waals surface area contributed by atoms with Gasteiger partial charge in [0.25, 0.3) is 0 Å². The van der Waals surface area contributed by atoms with Gasteiger partial charge in [0.15, 0.2) is 0 Å². The summed E-state index contributed by atoms with van der Waals surface area (Å²) in [5.41, 5.74) is 3.65. The summed E-state index contributed by atoms with van der Waals surface area (Å²) < 4.78 is 32.9. The van der Waals surface area contributed by atoms with Gasteiger partial charge < -0.3 is 4.52 Å². The van der Waals surface area contributed by atoms with Crippen molar-refractivity contribution in [1.82, 2.24) is 14.9 Å². The van der Waals surface area contributed by atoms with Crippen LogP contribution in [0.25, 0.3) is 11.4 Å². The molecule has 0 spiro atoms. The Kier molecular flexibility index (Phi) is 5.41. The van der Waals surface area contributed by atoms with Crippen LogP contribution in [0.3, 0.4) is 0 Å². The maximum atomic E-state index is 12.6. The molecule has 6 nitrogen and oxygen atoms in total. The van der Waals surface area contributed by atoms with Crippen LogP contribution in [0.5, 0.6) is 0 Å². The minimum absolute atomic E-state index is 0.0626. The van der Waals surface area contributed by atoms with E-state index in [4.69, 9.17) is 4.52 Å². The highest BCUT2D eigenvalue weighted by Crippen LogP contribution is 2.25. The van der Waals surface area contributed by atoms with Gasteiger partial charge in [-0.1, -0.05) is 62.3 Å². The van der Waals surface area contributed by atoms with Gasteiger partial charge in [0, 0.05) is 5.56 Å². The van der Waals surface area contributed by atoms with Crippen LogP contribution in [0, 0.1) is 13.8 Å². The molecule has 1 heterocycles. The van der Waals surface area contributed by atoms with Gasteiger partial charge >= 0.3 is 0 Å². The predicted molar refractivity (Wildman–Crippen MR) is 108 cm³/mol. The minimum Gasteiger partial charge on any atom is -0.338 e. The van der Waals surface area contributed by atoms with E-state index in [1.807, 2.05) is 37.3 Å². The van der Waals surface area contributed by atoms with E-state index in [1.165, 1.54) is 5.56 Å². The zero-order valence-electron chi connectivity index (χ0n) is 16.8. The van der Waals surface area contributed by atoms with Crippen molar-refractivity contribution in [1.29, 1.82) is 0 Å². The summed E-state index contributed by atoms with van der Waals surface area (Å²) >= 11 is 0. The molecule has 3 rings (SSSR count). The Labute approximate surface area is 166 Å². The normalized spacial score (nSPS) is 12.3. The molecule has 0 aliphatic carbocycles. The van der Waals surface area contributed by atoms with Crippen LogP contribution >= 0.6 is 0 Å². The SMILES string of the molecule is Cc1ccc(C)c(S(=O)(=O)NCc2nc(-c3ccc(C(C)(C)C)cc3)no2)c1. The molecule has 7 heteroatoms. The van der Waals surface area contributed by atoms with E-state index < -0.39 is 10.0 Å². The Hall–Kier alpha value is -2.51. The molecule has 0 amide bonds. The Morgan fingerprint density at radius 1 is 1.04 bits per heavy atom. The smallest absolute Gasteiger partial charge is 0.242 e. The molecule has 0 bridgehead atoms. The number of hydrogen-bond donors (Lipinski definition) is 1. The Balaban J connectivity index is 1.74. The van der Waals surface area contributed by atoms with Crippen molar-refractivity contribution in [2.75, 3.05) is 0 Å². The molecule has 148 valence electrons. The standard InChI is InChI=1S/C21H25N3O3S/c1-14-6-7-15(2)18(12-14)28(25,26)22-13-19-23-20(24-27-19)16-8-10-17(11-9-16)21(3,4)5/h6-12,22H,13H2,1-5H3. The fraction of sp³-hybridized carbons (Fsp3) is 0.333. The summed E-state index contributed by atoms with van der Waals surface area (Å²) in [7, 11) is -3.67. The lowest BCUT2D eigenvalue weighted by molar-refractivity contribution is 0.376. The molecule has 0 atom stereocenters. The molecule has 0 aliphatic rings. The number of benzene rings is 2. The van der Waals surface area contributed by atoms with Crippen LogP contribution < -0.4 is 4.72 Å². The lowest BCUT2D eigenvalue weighted by Gasteiger charge is -2.18. The van der Waals surface area contributed by atoms with Crippen LogP contribution in [-0.4, -0.2) is 18.6 Å². The Bertz CT molecular complexity index is 1080. The first-order chi connectivity index (χ1) is 13.1. The van der Waals surface area contributed by atoms with Crippen LogP contribution in [0.2, 0.25) is 0 Å². The number of sulfonamides is 1. The van der Waals surface area contributed by atoms with Crippen molar-refractivity contribution in [3.8, 4) is 11.4 Å². The second-order valence-corrected chi connectivity index (χ2v) is 9.67. The number of aromatic nitrogens is 2. The van der Waals surface area contributed by atoms with E-state index in [2.05, 4.69) is 35.6 Å². The topological polar surface area (TPSA) is 85.1 Å². The molecular weight excluding hydrogens is 374 g/mol. The molecule has 28 heavy (non-hydrogen) atoms. The number of hydrogen-bond acceptors (Lipinski definition) is 5. The average molecular weight is 400 g/mol. The Morgan fingerprint density at radius 2 is 1.71 bits per heavy atom. The maximum Gasteiger partial charge on any atom is 0.242 e. The van der Waals surface area contributed by atoms with Crippen LogP contribution in [0.15, 0.2) is 51.9 Å². The van der Waals surface area contributed by atoms with Crippen LogP contribution in [0.4, 0.5) is 0 Å². The van der Waals surface area contributed by atoms with Gasteiger partial charge in [0.1, 0.15) is 0 Å². The van der Waals surface area contributed by atoms with Gasteiger partial charge in [-0.25, -0.2) is 13.1 Å². The molecule has 3 aromatic rings. The first-order valence-electron chi connectivity index (χ1n) is 9.07. The summed E-state index contributed by atoms with van der Waals surface area (Å²) in [6.07, 6.45) is 0. The summed E-state index contributed by atoms with van der Waals surface area (Å²) in [5, 5.41) is 3.96. The van der Waals surface area contributed by atoms with Gasteiger partial charge in [-0.05, 0) is 42.0 Å². The third kappa shape index (κ3) is 4.48. The first kappa shape index (κ1) is 20.2. The number of nitrogens with one attached hydrogen (secondary N) is 1. The van der Waals surface area contributed by atoms with Crippen molar-refractivity contribution < 1.29 is 12.9 Å². The van der Waals surface area contributed by atoms with Crippen molar-refractivity contribution in [3.63, 3.8) is 0 Å². The summed E-state index contributed by atoms with van der Waals surface area (Å²) in [6.45, 7) is 10.0. The van der Waals surface area contributed by atoms with Crippen molar-refractivity contribution in [2.45, 2.75) is 51.5 Å². The van der Waals surface area contributed by atoms with E-state index in [-0.39, 0.29) is 22.7 Å². The van der Waals surface area contributed by atoms with Crippen molar-refractivity contribution >= 4 is 10.0 Å². The van der Waals surface area contributed by atoms with Gasteiger partial charge in [-0.2, -0.15) is 4.98 Å². The maximum absolute atomic E-state index is 12.6. The summed E-state index contributed by atoms with van der Waals surface area (Å²) in [5.74, 6) is 0.644. The third-order valence-electron chi connectivity index (χ3n) is 4.52. The molecule has 0 aliphatic heterocycles. The molecular formula is C21H25N3O3S. The zero-order chi connectivity index (χ0) is 20.5. The first-order valence-corrected chi connectivity index (χ1v) is 10.5. The van der Waals surface area contributed by atoms with Gasteiger partial charge in [-0.3, -0.25) is 0 Å². The van der Waals surface area contributed by atoms with Gasteiger partial charge in [-0.15, -0.1) is 0 Å². The molecule has 0 saturated heterocycles. The Morgan fingerprint density at radius 3 is 2.36 bits per heavy atom. The number of nitrogens with zero attached hydrogens (tertiary/aromatic N) is 2. The molecule has 2 aromatic carbocycles. The molecule has 0 radical (unpaired) electrons. The predicted octanol–water partition coefficient (Wildman–Crippen LogP) is 4.13. The number of rotatable bonds is 5. The van der Waals surface area contributed by atoms with E-state index in [1.54, 1.807) is 19.1 Å². The summed E-state index contributed by atoms with van der Waals surface area (Å²) in [4.78, 5) is 4.56. The molecule has 0 saturated carbocycles. The van der Waals surface area contributed by atoms with Crippen molar-refractivity contribution in [3.05, 3.63) is 65.0 Å². The van der Waals surface area contributed by atoms with Crippen LogP contribution in [-0.2, 0) is 22.0 Å². The fourth-order valence-corrected chi connectivity index (χ4v) is 4.10. The lowest BCUT2D eigenvalue weighted by atomic mass is 9.87. The third-order valence-corrected chi connectivity index (χ3v) is 6.07. The monoisotopic (exact) mass is 399 g/mol. The molecule has 1 N–H and O–H groups in total. The molecule has 0 fully saturated rings. The fourth-order valence-electron chi connectivity index (χ4n) is 2.79. The quantitative estimate of drug-likeness (QED) is 0.697. The average Bonchev–Trinajstić information content (AvgIpc) is 3.10. The highest BCUT2D eigenvalue weighted by atomic mass is 32.2. The van der Waals surface area contributed by atoms with Gasteiger partial charge in [0.2, 0.25) is 21.7 Å². The van der Waals surface area contributed by atoms with E-state index in [0.29, 0.717) is 11.4 Å². The zero-order valence-corrected chi connectivity index (χ0v) is 17.6. The van der Waals surface area contributed by atoms with E-state index in [0.717, 1.165) is 11.1 Å². The second kappa shape index (κ2) is 7.48. The summed E-state index contributed by atoms with van der Waals surface area (Å²) in [6, 6.07) is 13.3. The highest BCUT2D eigenvalue weighted by molar-refractivity contribution is 7.89. The van der Waals surface area contributed by atoms with E-state index in [9.17, 15) is 8.42 Å². The highest BCUT2D eigenvalue weighted by Gasteiger charge is 2.19. The molecule has 0 unspecified atom stereocenters. The van der Waals surface area contributed by atoms with Gasteiger partial charge in [0.05, 0.1) is 11.4 Å². The number of aryl methyl sites for hydroxylation is 2. The molecule has 1 aromatic heterocycles. The second-order valence-electron chi connectivity index (χ2n) is 7.93. The largest absolute Gasteiger partial charge is 0.338 e.